The average Bonchev–Trinajstić information content (AvgIpc) is 2.63. The molecule has 1 saturated carbocycles. The Kier molecular flexibility index (Phi) is 2.44. The Morgan fingerprint density at radius 1 is 1.69 bits per heavy atom. The summed E-state index contributed by atoms with van der Waals surface area (Å²) >= 11 is 0. The maximum atomic E-state index is 10.6. The standard InChI is InChI=1S/C10H16N4O2/c1-6(4-8(15)16)14-9(11-12-13-14)7-5-10(7,2)3/h6-7H,4-5H2,1-3H3,(H,15,16). The van der Waals surface area contributed by atoms with Gasteiger partial charge in [0.25, 0.3) is 0 Å². The molecule has 1 aliphatic carbocycles. The molecule has 1 aromatic heterocycles. The highest BCUT2D eigenvalue weighted by Crippen LogP contribution is 2.58. The SMILES string of the molecule is CC(CC(=O)O)n1nnnc1C1CC1(C)C. The van der Waals surface area contributed by atoms with E-state index in [1.54, 1.807) is 4.68 Å². The largest absolute Gasteiger partial charge is 0.481 e. The number of nitrogens with zero attached hydrogens (tertiary/aromatic N) is 4. The maximum absolute atomic E-state index is 10.6. The van der Waals surface area contributed by atoms with Crippen molar-refractivity contribution in [3.8, 4) is 0 Å². The first-order valence-electron chi connectivity index (χ1n) is 5.41. The van der Waals surface area contributed by atoms with Crippen LogP contribution in [-0.4, -0.2) is 31.3 Å². The molecule has 1 heterocycles. The minimum atomic E-state index is -0.830. The Morgan fingerprint density at radius 3 is 2.81 bits per heavy atom. The highest BCUT2D eigenvalue weighted by atomic mass is 16.4. The number of hydrogen-bond donors (Lipinski definition) is 1. The molecule has 6 nitrogen and oxygen atoms in total. The van der Waals surface area contributed by atoms with Gasteiger partial charge in [0.1, 0.15) is 0 Å². The molecule has 0 saturated heterocycles. The molecule has 1 aromatic rings. The third kappa shape index (κ3) is 1.91. The van der Waals surface area contributed by atoms with E-state index in [2.05, 4.69) is 29.4 Å². The highest BCUT2D eigenvalue weighted by Gasteiger charge is 2.50. The molecular weight excluding hydrogens is 208 g/mol. The highest BCUT2D eigenvalue weighted by molar-refractivity contribution is 5.67. The molecule has 2 unspecified atom stereocenters. The second-order valence-electron chi connectivity index (χ2n) is 5.17. The van der Waals surface area contributed by atoms with Crippen LogP contribution >= 0.6 is 0 Å². The zero-order valence-electron chi connectivity index (χ0n) is 9.71. The lowest BCUT2D eigenvalue weighted by atomic mass is 10.1. The van der Waals surface area contributed by atoms with Crippen molar-refractivity contribution in [2.24, 2.45) is 5.41 Å². The fraction of sp³-hybridized carbons (Fsp3) is 0.800. The Morgan fingerprint density at radius 2 is 2.31 bits per heavy atom. The molecule has 0 radical (unpaired) electrons. The first kappa shape index (κ1) is 11.0. The van der Waals surface area contributed by atoms with Crippen molar-refractivity contribution in [2.45, 2.75) is 45.6 Å². The summed E-state index contributed by atoms with van der Waals surface area (Å²) in [6.07, 6.45) is 1.11. The Balaban J connectivity index is 2.17. The van der Waals surface area contributed by atoms with Gasteiger partial charge in [0, 0.05) is 5.92 Å². The van der Waals surface area contributed by atoms with Crippen LogP contribution in [0.1, 0.15) is 51.4 Å². The van der Waals surface area contributed by atoms with Crippen LogP contribution in [0.25, 0.3) is 0 Å². The number of carboxylic acid groups (broad SMARTS) is 1. The smallest absolute Gasteiger partial charge is 0.305 e. The molecule has 0 bridgehead atoms. The second kappa shape index (κ2) is 3.54. The van der Waals surface area contributed by atoms with Gasteiger partial charge in [0.05, 0.1) is 12.5 Å². The summed E-state index contributed by atoms with van der Waals surface area (Å²) in [5, 5.41) is 20.3. The molecule has 1 aliphatic rings. The van der Waals surface area contributed by atoms with Crippen LogP contribution in [0.5, 0.6) is 0 Å². The average molecular weight is 224 g/mol. The van der Waals surface area contributed by atoms with Gasteiger partial charge in [0.15, 0.2) is 5.82 Å². The minimum absolute atomic E-state index is 0.0468. The van der Waals surface area contributed by atoms with Crippen molar-refractivity contribution in [1.82, 2.24) is 20.2 Å². The van der Waals surface area contributed by atoms with E-state index in [0.717, 1.165) is 12.2 Å². The predicted molar refractivity (Wildman–Crippen MR) is 55.9 cm³/mol. The number of tetrazole rings is 1. The fourth-order valence-corrected chi connectivity index (χ4v) is 1.99. The number of rotatable bonds is 4. The van der Waals surface area contributed by atoms with E-state index in [1.165, 1.54) is 0 Å². The maximum Gasteiger partial charge on any atom is 0.305 e. The van der Waals surface area contributed by atoms with Crippen LogP contribution in [0, 0.1) is 5.41 Å². The predicted octanol–water partition coefficient (Wildman–Crippen LogP) is 1.22. The van der Waals surface area contributed by atoms with Gasteiger partial charge in [-0.25, -0.2) is 4.68 Å². The fourth-order valence-electron chi connectivity index (χ4n) is 1.99. The van der Waals surface area contributed by atoms with E-state index in [-0.39, 0.29) is 17.9 Å². The Labute approximate surface area is 93.6 Å². The molecule has 1 N–H and O–H groups in total. The van der Waals surface area contributed by atoms with E-state index in [1.807, 2.05) is 6.92 Å². The third-order valence-corrected chi connectivity index (χ3v) is 3.23. The van der Waals surface area contributed by atoms with Gasteiger partial charge in [0.2, 0.25) is 0 Å². The Hall–Kier alpha value is -1.46. The number of hydrogen-bond acceptors (Lipinski definition) is 4. The molecule has 2 atom stereocenters. The van der Waals surface area contributed by atoms with Crippen LogP contribution < -0.4 is 0 Å². The summed E-state index contributed by atoms with van der Waals surface area (Å²) in [5.74, 6) is 0.349. The number of carboxylic acids is 1. The lowest BCUT2D eigenvalue weighted by Gasteiger charge is -2.11. The molecule has 0 spiro atoms. The molecule has 16 heavy (non-hydrogen) atoms. The monoisotopic (exact) mass is 224 g/mol. The van der Waals surface area contributed by atoms with Crippen LogP contribution in [0.3, 0.4) is 0 Å². The third-order valence-electron chi connectivity index (χ3n) is 3.23. The van der Waals surface area contributed by atoms with Gasteiger partial charge in [-0.1, -0.05) is 13.8 Å². The quantitative estimate of drug-likeness (QED) is 0.831. The topological polar surface area (TPSA) is 80.9 Å². The molecule has 1 fully saturated rings. The second-order valence-corrected chi connectivity index (χ2v) is 5.17. The molecule has 0 aromatic carbocycles. The molecule has 2 rings (SSSR count). The van der Waals surface area contributed by atoms with E-state index in [4.69, 9.17) is 5.11 Å². The van der Waals surface area contributed by atoms with Crippen molar-refractivity contribution < 1.29 is 9.90 Å². The van der Waals surface area contributed by atoms with E-state index in [9.17, 15) is 4.79 Å². The Bertz CT molecular complexity index is 413. The normalized spacial score (nSPS) is 24.1. The molecule has 0 amide bonds. The van der Waals surface area contributed by atoms with Crippen molar-refractivity contribution in [3.05, 3.63) is 5.82 Å². The van der Waals surface area contributed by atoms with Crippen molar-refractivity contribution >= 4 is 5.97 Å². The van der Waals surface area contributed by atoms with E-state index >= 15 is 0 Å². The minimum Gasteiger partial charge on any atom is -0.481 e. The van der Waals surface area contributed by atoms with Crippen LogP contribution in [0.15, 0.2) is 0 Å². The summed E-state index contributed by atoms with van der Waals surface area (Å²) in [7, 11) is 0. The summed E-state index contributed by atoms with van der Waals surface area (Å²) < 4.78 is 1.65. The number of aliphatic carboxylic acids is 1. The summed E-state index contributed by atoms with van der Waals surface area (Å²) in [6, 6.07) is -0.195. The first-order valence-corrected chi connectivity index (χ1v) is 5.41. The number of carbonyl (C=O) groups is 1. The van der Waals surface area contributed by atoms with Gasteiger partial charge in [-0.05, 0) is 29.2 Å². The first-order chi connectivity index (χ1) is 7.42. The van der Waals surface area contributed by atoms with Gasteiger partial charge in [-0.2, -0.15) is 0 Å². The van der Waals surface area contributed by atoms with Crippen molar-refractivity contribution in [2.75, 3.05) is 0 Å². The molecular formula is C10H16N4O2. The van der Waals surface area contributed by atoms with Crippen molar-refractivity contribution in [3.63, 3.8) is 0 Å². The van der Waals surface area contributed by atoms with Crippen LogP contribution in [-0.2, 0) is 4.79 Å². The summed E-state index contributed by atoms with van der Waals surface area (Å²) in [4.78, 5) is 10.6. The lowest BCUT2D eigenvalue weighted by molar-refractivity contribution is -0.137. The van der Waals surface area contributed by atoms with Crippen molar-refractivity contribution in [1.29, 1.82) is 0 Å². The van der Waals surface area contributed by atoms with Gasteiger partial charge >= 0.3 is 5.97 Å². The zero-order valence-corrected chi connectivity index (χ0v) is 9.71. The van der Waals surface area contributed by atoms with Gasteiger partial charge in [-0.15, -0.1) is 5.10 Å². The van der Waals surface area contributed by atoms with Crippen LogP contribution in [0.4, 0.5) is 0 Å². The molecule has 88 valence electrons. The number of aromatic nitrogens is 4. The van der Waals surface area contributed by atoms with E-state index in [0.29, 0.717) is 5.92 Å². The zero-order chi connectivity index (χ0) is 11.9. The van der Waals surface area contributed by atoms with Crippen LogP contribution in [0.2, 0.25) is 0 Å². The van der Waals surface area contributed by atoms with E-state index < -0.39 is 5.97 Å². The summed E-state index contributed by atoms with van der Waals surface area (Å²) in [6.45, 7) is 6.15. The lowest BCUT2D eigenvalue weighted by Crippen LogP contribution is -2.15. The van der Waals surface area contributed by atoms with Gasteiger partial charge in [-0.3, -0.25) is 4.79 Å². The molecule has 0 aliphatic heterocycles. The molecule has 6 heteroatoms. The van der Waals surface area contributed by atoms with Gasteiger partial charge < -0.3 is 5.11 Å². The summed E-state index contributed by atoms with van der Waals surface area (Å²) in [5.41, 5.74) is 0.245.